The number of ketones is 4. The minimum absolute atomic E-state index is 0. The minimum atomic E-state index is -0.125. The van der Waals surface area contributed by atoms with E-state index in [9.17, 15) is 19.2 Å². The maximum absolute atomic E-state index is 10.0. The minimum Gasteiger partial charge on any atom is -0.512 e. The largest absolute Gasteiger partial charge is 0.512 e. The van der Waals surface area contributed by atoms with E-state index in [4.69, 9.17) is 30.4 Å². The van der Waals surface area contributed by atoms with Crippen molar-refractivity contribution in [1.82, 2.24) is 19.9 Å². The summed E-state index contributed by atoms with van der Waals surface area (Å²) in [7, 11) is 0. The van der Waals surface area contributed by atoms with Crippen LogP contribution in [0.15, 0.2) is 300 Å². The van der Waals surface area contributed by atoms with Gasteiger partial charge in [-0.1, -0.05) is 175 Å². The summed E-state index contributed by atoms with van der Waals surface area (Å²) in [6.45, 7) is 25.8. The Kier molecular flexibility index (Phi) is 51.9. The van der Waals surface area contributed by atoms with Gasteiger partial charge in [-0.15, -0.1) is 176 Å². The maximum atomic E-state index is 10.0. The summed E-state index contributed by atoms with van der Waals surface area (Å²) >= 11 is 0. The number of hydrogen-bond acceptors (Lipinski definition) is 14. The van der Waals surface area contributed by atoms with Crippen molar-refractivity contribution in [2.24, 2.45) is 9.98 Å². The molecule has 9 aromatic carbocycles. The average molecular weight is 2470 g/mol. The van der Waals surface area contributed by atoms with Gasteiger partial charge in [-0.2, -0.15) is 0 Å². The number of carbonyl (C=O) groups is 4. The molecule has 0 bridgehead atoms. The van der Waals surface area contributed by atoms with Crippen molar-refractivity contribution in [2.45, 2.75) is 110 Å². The molecule has 5 radical (unpaired) electrons. The predicted octanol–water partition coefficient (Wildman–Crippen LogP) is 23.2. The molecule has 0 unspecified atom stereocenters. The first-order valence-electron chi connectivity index (χ1n) is 37.3. The van der Waals surface area contributed by atoms with Crippen LogP contribution in [0.1, 0.15) is 108 Å². The van der Waals surface area contributed by atoms with Crippen LogP contribution in [-0.4, -0.2) is 88.5 Å². The topological polar surface area (TPSA) is 225 Å². The molecule has 19 heteroatoms. The number of benzene rings is 9. The normalized spacial score (nSPS) is 10.9. The second-order valence-electron chi connectivity index (χ2n) is 26.5. The zero-order chi connectivity index (χ0) is 82.9. The van der Waals surface area contributed by atoms with Crippen molar-refractivity contribution >= 4 is 67.8 Å². The van der Waals surface area contributed by atoms with Crippen molar-refractivity contribution in [3.8, 4) is 56.2 Å². The standard InChI is InChI=1S/C19H18N.2C17H14N.C17H12N.C10H9N2.4C5H8O2.5Ir/c1-3-14-11-15(4-2)13-17(12-14)19-10-9-16-7-5-6-8-18(16)20-19;1-12-9-13(2)11-15(10-12)17-8-7-14-5-3-4-6-16(14)18-17;1-12-7-8-15(11-13(12)2)17-10-9-14-5-3-4-6-16(14)18-17;1-2-7-14(8-3-1)15-9-6-10-16(13-15)17-11-4-5-12-18-17;1-2-4-9(5-3-1)10-8-11-6-7-12-10;4*1-4(6)3-5(2)7;;;;;/h5-12H,3-4H2,1-2H3;3-10H,1-2H3;3-7,9-11H,1-2H3;1-9,11-13H;1-4,8H,6-7H2;4*3,6H,1-2H3;;;;;/q5*-1;;;;;;;;;. The van der Waals surface area contributed by atoms with Crippen molar-refractivity contribution in [2.75, 3.05) is 13.1 Å². The van der Waals surface area contributed by atoms with Crippen LogP contribution in [0.3, 0.4) is 0 Å². The number of para-hydroxylation sites is 3. The molecule has 14 nitrogen and oxygen atoms in total. The molecule has 0 saturated heterocycles. The summed E-state index contributed by atoms with van der Waals surface area (Å²) in [6.07, 6.45) is 10.3. The molecule has 0 aliphatic carbocycles. The third kappa shape index (κ3) is 40.4. The van der Waals surface area contributed by atoms with Crippen LogP contribution >= 0.6 is 0 Å². The van der Waals surface area contributed by atoms with Gasteiger partial charge in [-0.05, 0) is 137 Å². The van der Waals surface area contributed by atoms with Gasteiger partial charge in [-0.25, -0.2) is 0 Å². The fourth-order valence-corrected chi connectivity index (χ4v) is 11.0. The van der Waals surface area contributed by atoms with Crippen LogP contribution in [0.2, 0.25) is 0 Å². The van der Waals surface area contributed by atoms with Crippen LogP contribution in [0.4, 0.5) is 0 Å². The number of aromatic nitrogens is 4. The summed E-state index contributed by atoms with van der Waals surface area (Å²) in [6, 6.07) is 96.7. The van der Waals surface area contributed by atoms with E-state index in [1.165, 1.54) is 135 Å². The van der Waals surface area contributed by atoms with Gasteiger partial charge in [0.05, 0.1) is 46.1 Å². The second kappa shape index (κ2) is 57.8. The summed E-state index contributed by atoms with van der Waals surface area (Å²) in [5, 5.41) is 37.0. The first-order valence-corrected chi connectivity index (χ1v) is 37.3. The molecule has 0 amide bonds. The van der Waals surface area contributed by atoms with E-state index in [2.05, 4.69) is 207 Å². The molecule has 1 aliphatic heterocycles. The molecule has 13 aromatic rings. The predicted molar refractivity (Wildman–Crippen MR) is 468 cm³/mol. The average Bonchev–Trinajstić information content (AvgIpc) is 0.834. The third-order valence-corrected chi connectivity index (χ3v) is 16.2. The van der Waals surface area contributed by atoms with Crippen LogP contribution in [-0.2, 0) is 133 Å². The Balaban J connectivity index is 0.000000685. The van der Waals surface area contributed by atoms with Crippen molar-refractivity contribution in [3.05, 3.63) is 359 Å². The molecule has 0 spiro atoms. The zero-order valence-corrected chi connectivity index (χ0v) is 81.1. The fraction of sp³-hybridized carbons (Fsp3) is 0.180. The molecular formula is C100H99Ir5N6O8-5. The number of aryl methyl sites for hydroxylation is 6. The number of aliphatic hydroxyl groups excluding tert-OH is 4. The Labute approximate surface area is 769 Å². The SMILES string of the molecule is CC(=O)C=C(C)O.CC(=O)C=C(C)O.CC(=O)C=C(C)O.CC(=O)C=C(C)O.CCc1[c-]c(-c2ccc3ccccc3n2)cc(CC)c1.Cc1[c-]c(-c2ccc3ccccc3n2)cc(C)c1.Cc1c[c-]c(-c2ccc3ccccc3n2)cc1C.[Ir].[Ir].[Ir].[Ir].[Ir].[c-]1ccc(-c2ccccc2)cc1-c1ccccn1.[c-]1ccccc1C1=NCCN=C1. The van der Waals surface area contributed by atoms with Crippen LogP contribution < -0.4 is 0 Å². The van der Waals surface area contributed by atoms with Gasteiger partial charge in [0, 0.05) is 149 Å². The Morgan fingerprint density at radius 2 is 0.840 bits per heavy atom. The van der Waals surface area contributed by atoms with Gasteiger partial charge < -0.3 is 30.4 Å². The van der Waals surface area contributed by atoms with Gasteiger partial charge >= 0.3 is 0 Å². The molecule has 1 aliphatic rings. The number of fused-ring (bicyclic) bond motifs is 3. The Hall–Kier alpha value is -10.2. The monoisotopic (exact) mass is 2480 g/mol. The van der Waals surface area contributed by atoms with E-state index in [1.807, 2.05) is 128 Å². The first kappa shape index (κ1) is 107. The van der Waals surface area contributed by atoms with E-state index < -0.39 is 0 Å². The molecule has 4 N–H and O–H groups in total. The van der Waals surface area contributed by atoms with Gasteiger partial charge in [0.15, 0.2) is 23.1 Å². The molecule has 14 rings (SSSR count). The van der Waals surface area contributed by atoms with Gasteiger partial charge in [0.25, 0.3) is 0 Å². The first-order chi connectivity index (χ1) is 54.7. The number of aliphatic imine (C=N–C) groups is 2. The zero-order valence-electron chi connectivity index (χ0n) is 69.1. The van der Waals surface area contributed by atoms with E-state index in [0.717, 1.165) is 104 Å². The van der Waals surface area contributed by atoms with Crippen LogP contribution in [0, 0.1) is 58.0 Å². The number of aliphatic hydroxyl groups is 4. The number of carbonyl (C=O) groups excluding carboxylic acids is 4. The van der Waals surface area contributed by atoms with E-state index in [1.54, 1.807) is 6.20 Å². The van der Waals surface area contributed by atoms with Gasteiger partial charge in [0.1, 0.15) is 0 Å². The van der Waals surface area contributed by atoms with Crippen LogP contribution in [0.25, 0.3) is 88.9 Å². The number of allylic oxidation sites excluding steroid dienone is 8. The van der Waals surface area contributed by atoms with Gasteiger partial charge in [0.2, 0.25) is 0 Å². The number of pyridine rings is 4. The van der Waals surface area contributed by atoms with E-state index in [0.29, 0.717) is 0 Å². The molecule has 0 fully saturated rings. The molecule has 627 valence electrons. The second-order valence-corrected chi connectivity index (χ2v) is 26.5. The molecule has 4 aromatic heterocycles. The van der Waals surface area contributed by atoms with Crippen molar-refractivity contribution < 1.29 is 140 Å². The summed E-state index contributed by atoms with van der Waals surface area (Å²) in [4.78, 5) is 67.1. The maximum Gasteiger partial charge on any atom is 0.155 e. The fourth-order valence-electron chi connectivity index (χ4n) is 11.0. The molecule has 5 heterocycles. The number of hydrogen-bond donors (Lipinski definition) is 4. The van der Waals surface area contributed by atoms with Crippen molar-refractivity contribution in [3.63, 3.8) is 0 Å². The number of rotatable bonds is 12. The van der Waals surface area contributed by atoms with Crippen molar-refractivity contribution in [1.29, 1.82) is 0 Å². The molecule has 0 atom stereocenters. The summed E-state index contributed by atoms with van der Waals surface area (Å²) < 4.78 is 0. The van der Waals surface area contributed by atoms with E-state index in [-0.39, 0.29) is 147 Å². The molecular weight excluding hydrogens is 2370 g/mol. The Morgan fingerprint density at radius 3 is 1.25 bits per heavy atom. The Morgan fingerprint density at radius 1 is 0.387 bits per heavy atom. The van der Waals surface area contributed by atoms with Crippen LogP contribution in [0.5, 0.6) is 0 Å². The number of nitrogens with zero attached hydrogens (tertiary/aromatic N) is 6. The quantitative estimate of drug-likeness (QED) is 0.0509. The van der Waals surface area contributed by atoms with Gasteiger partial charge in [-0.3, -0.25) is 39.1 Å². The summed E-state index contributed by atoms with van der Waals surface area (Å²) in [5.74, 6) is -0.250. The summed E-state index contributed by atoms with van der Waals surface area (Å²) in [5.41, 5.74) is 23.2. The Bertz CT molecular complexity index is 5320. The molecule has 0 saturated carbocycles. The van der Waals surface area contributed by atoms with E-state index >= 15 is 0 Å². The third-order valence-electron chi connectivity index (χ3n) is 16.2. The molecule has 119 heavy (non-hydrogen) atoms. The smallest absolute Gasteiger partial charge is 0.155 e.